The molecule has 0 aromatic heterocycles. The van der Waals surface area contributed by atoms with E-state index in [9.17, 15) is 4.79 Å². The van der Waals surface area contributed by atoms with Gasteiger partial charge in [0.2, 0.25) is 0 Å². The molecule has 2 saturated heterocycles. The molecule has 0 saturated carbocycles. The second-order valence-electron chi connectivity index (χ2n) is 5.82. The van der Waals surface area contributed by atoms with Crippen molar-refractivity contribution in [2.45, 2.75) is 31.3 Å². The second kappa shape index (κ2) is 6.89. The van der Waals surface area contributed by atoms with Gasteiger partial charge >= 0.3 is 0 Å². The van der Waals surface area contributed by atoms with E-state index in [1.165, 1.54) is 0 Å². The number of hydrogen-bond acceptors (Lipinski definition) is 3. The number of carbonyl (C=O) groups excluding carboxylic acids is 1. The summed E-state index contributed by atoms with van der Waals surface area (Å²) < 4.78 is 8.12. The first kappa shape index (κ1) is 16.3. The van der Waals surface area contributed by atoms with Gasteiger partial charge in [-0.1, -0.05) is 15.9 Å². The SMILES string of the molecule is O=C(c1cc(Br)ccc1I)C1CCOC2(CCSCC2)C1. The second-order valence-corrected chi connectivity index (χ2v) is 9.12. The molecule has 1 unspecified atom stereocenters. The molecule has 2 aliphatic heterocycles. The minimum atomic E-state index is -0.0265. The summed E-state index contributed by atoms with van der Waals surface area (Å²) in [5, 5.41) is 0. The Morgan fingerprint density at radius 1 is 1.38 bits per heavy atom. The van der Waals surface area contributed by atoms with E-state index in [0.29, 0.717) is 5.78 Å². The molecule has 1 aromatic carbocycles. The van der Waals surface area contributed by atoms with E-state index < -0.39 is 0 Å². The van der Waals surface area contributed by atoms with E-state index in [1.54, 1.807) is 0 Å². The summed E-state index contributed by atoms with van der Waals surface area (Å²) in [6.45, 7) is 0.728. The van der Waals surface area contributed by atoms with Crippen LogP contribution in [0.1, 0.15) is 36.0 Å². The summed E-state index contributed by atoms with van der Waals surface area (Å²) in [6.07, 6.45) is 3.94. The number of ketones is 1. The van der Waals surface area contributed by atoms with Crippen LogP contribution in [0.3, 0.4) is 0 Å². The zero-order valence-corrected chi connectivity index (χ0v) is 16.3. The number of rotatable bonds is 2. The van der Waals surface area contributed by atoms with E-state index in [2.05, 4.69) is 38.5 Å². The highest BCUT2D eigenvalue weighted by Gasteiger charge is 2.41. The molecule has 0 N–H and O–H groups in total. The highest BCUT2D eigenvalue weighted by molar-refractivity contribution is 14.1. The largest absolute Gasteiger partial charge is 0.375 e. The lowest BCUT2D eigenvalue weighted by Crippen LogP contribution is -2.44. The van der Waals surface area contributed by atoms with Crippen molar-refractivity contribution < 1.29 is 9.53 Å². The summed E-state index contributed by atoms with van der Waals surface area (Å²) in [4.78, 5) is 12.9. The van der Waals surface area contributed by atoms with Gasteiger partial charge in [-0.25, -0.2) is 0 Å². The lowest BCUT2D eigenvalue weighted by Gasteiger charge is -2.43. The van der Waals surface area contributed by atoms with Gasteiger partial charge in [0, 0.05) is 26.1 Å². The zero-order valence-electron chi connectivity index (χ0n) is 11.7. The summed E-state index contributed by atoms with van der Waals surface area (Å²) in [6, 6.07) is 5.95. The fourth-order valence-electron chi connectivity index (χ4n) is 3.25. The van der Waals surface area contributed by atoms with Crippen molar-refractivity contribution in [3.63, 3.8) is 0 Å². The molecule has 1 atom stereocenters. The van der Waals surface area contributed by atoms with E-state index in [4.69, 9.17) is 4.74 Å². The van der Waals surface area contributed by atoms with E-state index >= 15 is 0 Å². The monoisotopic (exact) mass is 480 g/mol. The average molecular weight is 481 g/mol. The van der Waals surface area contributed by atoms with Gasteiger partial charge in [0.1, 0.15) is 0 Å². The van der Waals surface area contributed by atoms with Crippen LogP contribution in [0, 0.1) is 9.49 Å². The minimum absolute atomic E-state index is 0.0265. The Kier molecular flexibility index (Phi) is 5.34. The molecule has 21 heavy (non-hydrogen) atoms. The standard InChI is InChI=1S/C16H18BrIO2S/c17-12-1-2-14(18)13(9-12)15(19)11-3-6-20-16(10-11)4-7-21-8-5-16/h1-2,9,11H,3-8,10H2. The summed E-state index contributed by atoms with van der Waals surface area (Å²) in [7, 11) is 0. The van der Waals surface area contributed by atoms with Gasteiger partial charge in [-0.3, -0.25) is 4.79 Å². The lowest BCUT2D eigenvalue weighted by molar-refractivity contribution is -0.0959. The topological polar surface area (TPSA) is 26.3 Å². The number of thioether (sulfide) groups is 1. The third-order valence-electron chi connectivity index (χ3n) is 4.46. The van der Waals surface area contributed by atoms with Crippen molar-refractivity contribution in [3.05, 3.63) is 31.8 Å². The van der Waals surface area contributed by atoms with Crippen LogP contribution in [0.25, 0.3) is 0 Å². The third-order valence-corrected chi connectivity index (χ3v) is 6.88. The predicted molar refractivity (Wildman–Crippen MR) is 99.2 cm³/mol. The maximum absolute atomic E-state index is 12.9. The van der Waals surface area contributed by atoms with Gasteiger partial charge in [-0.15, -0.1) is 0 Å². The number of halogens is 2. The molecular formula is C16H18BrIO2S. The molecule has 1 aromatic rings. The van der Waals surface area contributed by atoms with Crippen molar-refractivity contribution in [3.8, 4) is 0 Å². The van der Waals surface area contributed by atoms with Crippen LogP contribution in [0.2, 0.25) is 0 Å². The van der Waals surface area contributed by atoms with Gasteiger partial charge < -0.3 is 4.74 Å². The summed E-state index contributed by atoms with van der Waals surface area (Å²) >= 11 is 7.73. The smallest absolute Gasteiger partial charge is 0.167 e. The summed E-state index contributed by atoms with van der Waals surface area (Å²) in [5.74, 6) is 2.73. The van der Waals surface area contributed by atoms with Gasteiger partial charge in [0.15, 0.2) is 5.78 Å². The Hall–Kier alpha value is 0.410. The third kappa shape index (κ3) is 3.67. The molecular weight excluding hydrogens is 463 g/mol. The molecule has 114 valence electrons. The number of ether oxygens (including phenoxy) is 1. The molecule has 1 spiro atoms. The maximum Gasteiger partial charge on any atom is 0.167 e. The van der Waals surface area contributed by atoms with Gasteiger partial charge in [-0.05, 0) is 78.0 Å². The first-order valence-corrected chi connectivity index (χ1v) is 10.3. The number of carbonyl (C=O) groups is 1. The molecule has 0 aliphatic carbocycles. The van der Waals surface area contributed by atoms with Crippen LogP contribution in [-0.4, -0.2) is 29.5 Å². The molecule has 2 fully saturated rings. The highest BCUT2D eigenvalue weighted by Crippen LogP contribution is 2.41. The average Bonchev–Trinajstić information content (AvgIpc) is 2.50. The molecule has 2 aliphatic rings. The molecule has 0 radical (unpaired) electrons. The number of benzene rings is 1. The van der Waals surface area contributed by atoms with Crippen molar-refractivity contribution in [2.75, 3.05) is 18.1 Å². The van der Waals surface area contributed by atoms with Crippen LogP contribution in [-0.2, 0) is 4.74 Å². The Labute approximate surface area is 152 Å². The van der Waals surface area contributed by atoms with Crippen molar-refractivity contribution in [1.82, 2.24) is 0 Å². The van der Waals surface area contributed by atoms with Crippen LogP contribution < -0.4 is 0 Å². The number of hydrogen-bond donors (Lipinski definition) is 0. The molecule has 3 rings (SSSR count). The normalized spacial score (nSPS) is 25.0. The molecule has 2 heterocycles. The quantitative estimate of drug-likeness (QED) is 0.443. The molecule has 0 amide bonds. The Morgan fingerprint density at radius 2 is 2.14 bits per heavy atom. The van der Waals surface area contributed by atoms with E-state index in [1.807, 2.05) is 30.0 Å². The van der Waals surface area contributed by atoms with Crippen LogP contribution in [0.4, 0.5) is 0 Å². The Balaban J connectivity index is 1.79. The van der Waals surface area contributed by atoms with Gasteiger partial charge in [0.25, 0.3) is 0 Å². The lowest BCUT2D eigenvalue weighted by atomic mass is 9.79. The van der Waals surface area contributed by atoms with Crippen LogP contribution in [0.15, 0.2) is 22.7 Å². The van der Waals surface area contributed by atoms with Crippen molar-refractivity contribution in [2.24, 2.45) is 5.92 Å². The molecule has 0 bridgehead atoms. The molecule has 5 heteroatoms. The fraction of sp³-hybridized carbons (Fsp3) is 0.562. The van der Waals surface area contributed by atoms with Crippen molar-refractivity contribution >= 4 is 56.1 Å². The minimum Gasteiger partial charge on any atom is -0.375 e. The predicted octanol–water partition coefficient (Wildman–Crippen LogP) is 4.93. The van der Waals surface area contributed by atoms with Crippen LogP contribution >= 0.6 is 50.3 Å². The van der Waals surface area contributed by atoms with Gasteiger partial charge in [-0.2, -0.15) is 11.8 Å². The number of Topliss-reactive ketones (excluding diaryl/α,β-unsaturated/α-hetero) is 1. The summed E-state index contributed by atoms with van der Waals surface area (Å²) in [5.41, 5.74) is 0.832. The zero-order chi connectivity index (χ0) is 14.9. The first-order chi connectivity index (χ1) is 10.1. The van der Waals surface area contributed by atoms with Crippen molar-refractivity contribution in [1.29, 1.82) is 0 Å². The Bertz CT molecular complexity index is 538. The highest BCUT2D eigenvalue weighted by atomic mass is 127. The Morgan fingerprint density at radius 3 is 2.90 bits per heavy atom. The maximum atomic E-state index is 12.9. The van der Waals surface area contributed by atoms with E-state index in [0.717, 1.165) is 57.4 Å². The van der Waals surface area contributed by atoms with Gasteiger partial charge in [0.05, 0.1) is 5.60 Å². The fourth-order valence-corrected chi connectivity index (χ4v) is 5.45. The van der Waals surface area contributed by atoms with Crippen LogP contribution in [0.5, 0.6) is 0 Å². The molecule has 2 nitrogen and oxygen atoms in total. The van der Waals surface area contributed by atoms with E-state index in [-0.39, 0.29) is 11.5 Å². The first-order valence-electron chi connectivity index (χ1n) is 7.31.